The van der Waals surface area contributed by atoms with E-state index in [-0.39, 0.29) is 0 Å². The normalized spacial score (nSPS) is 28.0. The highest BCUT2D eigenvalue weighted by molar-refractivity contribution is 7.19. The van der Waals surface area contributed by atoms with Crippen LogP contribution in [0, 0.1) is 12.8 Å². The number of aryl methyl sites for hydroxylation is 1. The van der Waals surface area contributed by atoms with Crippen LogP contribution in [0.15, 0.2) is 23.8 Å². The molecule has 2 bridgehead atoms. The molecule has 0 amide bonds. The van der Waals surface area contributed by atoms with Gasteiger partial charge in [0.1, 0.15) is 5.01 Å². The lowest BCUT2D eigenvalue weighted by Crippen LogP contribution is -2.36. The minimum atomic E-state index is 0.907. The Kier molecular flexibility index (Phi) is 3.56. The first kappa shape index (κ1) is 13.5. The monoisotopic (exact) mass is 298 g/mol. The number of benzene rings is 1. The summed E-state index contributed by atoms with van der Waals surface area (Å²) in [6.07, 6.45) is 7.67. The molecule has 3 aliphatic heterocycles. The average Bonchev–Trinajstić information content (AvgIpc) is 2.84. The Morgan fingerprint density at radius 1 is 1.24 bits per heavy atom. The first-order valence-corrected chi connectivity index (χ1v) is 8.87. The van der Waals surface area contributed by atoms with E-state index in [1.165, 1.54) is 60.6 Å². The summed E-state index contributed by atoms with van der Waals surface area (Å²) < 4.78 is 1.32. The fraction of sp³-hybridized carbons (Fsp3) is 0.500. The Balaban J connectivity index is 1.62. The lowest BCUT2D eigenvalue weighted by atomic mass is 9.86. The first-order valence-electron chi connectivity index (χ1n) is 8.05. The highest BCUT2D eigenvalue weighted by Gasteiger charge is 2.23. The van der Waals surface area contributed by atoms with Crippen LogP contribution < -0.4 is 0 Å². The van der Waals surface area contributed by atoms with E-state index in [1.54, 1.807) is 5.57 Å². The number of thiazole rings is 1. The molecule has 3 saturated heterocycles. The van der Waals surface area contributed by atoms with E-state index in [9.17, 15) is 0 Å². The maximum Gasteiger partial charge on any atom is 0.117 e. The van der Waals surface area contributed by atoms with Crippen molar-refractivity contribution in [3.8, 4) is 0 Å². The Labute approximate surface area is 130 Å². The second-order valence-electron chi connectivity index (χ2n) is 6.57. The van der Waals surface area contributed by atoms with Crippen molar-refractivity contribution in [3.63, 3.8) is 0 Å². The van der Waals surface area contributed by atoms with Crippen molar-refractivity contribution < 1.29 is 0 Å². The molecule has 0 unspecified atom stereocenters. The first-order chi connectivity index (χ1) is 10.3. The predicted octanol–water partition coefficient (Wildman–Crippen LogP) is 4.49. The molecule has 2 nitrogen and oxygen atoms in total. The van der Waals surface area contributed by atoms with E-state index in [0.29, 0.717) is 0 Å². The topological polar surface area (TPSA) is 16.1 Å². The van der Waals surface area contributed by atoms with Crippen molar-refractivity contribution in [3.05, 3.63) is 34.3 Å². The summed E-state index contributed by atoms with van der Waals surface area (Å²) in [4.78, 5) is 7.42. The lowest BCUT2D eigenvalue weighted by Gasteiger charge is -2.35. The summed E-state index contributed by atoms with van der Waals surface area (Å²) in [5.41, 5.74) is 4.08. The van der Waals surface area contributed by atoms with Crippen molar-refractivity contribution in [2.45, 2.75) is 32.6 Å². The molecule has 0 saturated carbocycles. The molecule has 5 rings (SSSR count). The van der Waals surface area contributed by atoms with E-state index in [0.717, 1.165) is 11.4 Å². The third-order valence-corrected chi connectivity index (χ3v) is 5.86. The van der Waals surface area contributed by atoms with Gasteiger partial charge < -0.3 is 4.90 Å². The molecule has 1 aromatic heterocycles. The van der Waals surface area contributed by atoms with Crippen LogP contribution in [0.4, 0.5) is 0 Å². The number of aromatic nitrogens is 1. The van der Waals surface area contributed by atoms with E-state index in [4.69, 9.17) is 4.98 Å². The Morgan fingerprint density at radius 2 is 2.10 bits per heavy atom. The Morgan fingerprint density at radius 3 is 2.95 bits per heavy atom. The fourth-order valence-corrected chi connectivity index (χ4v) is 4.66. The number of fused-ring (bicyclic) bond motifs is 6. The molecule has 0 radical (unpaired) electrons. The van der Waals surface area contributed by atoms with E-state index in [2.05, 4.69) is 36.1 Å². The van der Waals surface area contributed by atoms with Gasteiger partial charge >= 0.3 is 0 Å². The number of hydrogen-bond donors (Lipinski definition) is 0. The van der Waals surface area contributed by atoms with Gasteiger partial charge in [-0.15, -0.1) is 11.3 Å². The van der Waals surface area contributed by atoms with Gasteiger partial charge in [0.15, 0.2) is 0 Å². The molecule has 0 aliphatic carbocycles. The summed E-state index contributed by atoms with van der Waals surface area (Å²) in [6.45, 7) is 6.02. The van der Waals surface area contributed by atoms with Crippen molar-refractivity contribution in [2.24, 2.45) is 5.92 Å². The number of piperidine rings is 1. The third kappa shape index (κ3) is 2.90. The molecule has 2 aromatic rings. The summed E-state index contributed by atoms with van der Waals surface area (Å²) in [7, 11) is 0. The van der Waals surface area contributed by atoms with Gasteiger partial charge in [0, 0.05) is 6.54 Å². The zero-order valence-corrected chi connectivity index (χ0v) is 13.5. The highest BCUT2D eigenvalue weighted by atomic mass is 32.1. The molecule has 1 aromatic carbocycles. The van der Waals surface area contributed by atoms with Crippen molar-refractivity contribution in [1.82, 2.24) is 9.88 Å². The van der Waals surface area contributed by atoms with Gasteiger partial charge in [-0.2, -0.15) is 0 Å². The summed E-state index contributed by atoms with van der Waals surface area (Å²) >= 11 is 1.84. The molecule has 0 N–H and O–H groups in total. The van der Waals surface area contributed by atoms with Gasteiger partial charge in [-0.1, -0.05) is 11.6 Å². The molecule has 3 aliphatic rings. The Hall–Kier alpha value is -1.19. The van der Waals surface area contributed by atoms with Crippen molar-refractivity contribution in [1.29, 1.82) is 0 Å². The molecular weight excluding hydrogens is 276 g/mol. The van der Waals surface area contributed by atoms with Crippen LogP contribution in [0.1, 0.15) is 36.3 Å². The van der Waals surface area contributed by atoms with E-state index < -0.39 is 0 Å². The van der Waals surface area contributed by atoms with Crippen LogP contribution in [0.25, 0.3) is 16.3 Å². The SMILES string of the molecule is Cc1ccc2nc(/C=C3\CCN4CCC(CC4)C3)sc2c1. The molecule has 110 valence electrons. The van der Waals surface area contributed by atoms with Crippen LogP contribution in [-0.4, -0.2) is 29.5 Å². The number of rotatable bonds is 1. The van der Waals surface area contributed by atoms with Gasteiger partial charge in [0.05, 0.1) is 10.2 Å². The minimum Gasteiger partial charge on any atom is -0.303 e. The number of nitrogens with zero attached hydrogens (tertiary/aromatic N) is 2. The quantitative estimate of drug-likeness (QED) is 0.771. The highest BCUT2D eigenvalue weighted by Crippen LogP contribution is 2.32. The molecular formula is C18H22N2S. The van der Waals surface area contributed by atoms with E-state index >= 15 is 0 Å². The van der Waals surface area contributed by atoms with Gasteiger partial charge in [0.25, 0.3) is 0 Å². The zero-order valence-electron chi connectivity index (χ0n) is 12.6. The van der Waals surface area contributed by atoms with E-state index in [1.807, 2.05) is 11.3 Å². The predicted molar refractivity (Wildman–Crippen MR) is 90.7 cm³/mol. The maximum atomic E-state index is 4.79. The molecule has 3 fully saturated rings. The molecule has 0 spiro atoms. The van der Waals surface area contributed by atoms with Crippen LogP contribution in [0.5, 0.6) is 0 Å². The Bertz CT molecular complexity index is 678. The zero-order chi connectivity index (χ0) is 14.2. The maximum absolute atomic E-state index is 4.79. The smallest absolute Gasteiger partial charge is 0.117 e. The summed E-state index contributed by atoms with van der Waals surface area (Å²) in [5.74, 6) is 0.907. The van der Waals surface area contributed by atoms with Crippen LogP contribution >= 0.6 is 11.3 Å². The summed E-state index contributed by atoms with van der Waals surface area (Å²) in [6, 6.07) is 6.55. The fourth-order valence-electron chi connectivity index (χ4n) is 3.61. The standard InChI is InChI=1S/C18H22N2S/c1-13-2-3-16-17(10-13)21-18(19-16)12-15-6-9-20-7-4-14(11-15)5-8-20/h2-3,10,12,14H,4-9,11H2,1H3/b15-12+. The third-order valence-electron chi connectivity index (χ3n) is 4.90. The van der Waals surface area contributed by atoms with Gasteiger partial charge in [0.2, 0.25) is 0 Å². The minimum absolute atomic E-state index is 0.907. The van der Waals surface area contributed by atoms with Crippen LogP contribution in [0.3, 0.4) is 0 Å². The lowest BCUT2D eigenvalue weighted by molar-refractivity contribution is 0.170. The van der Waals surface area contributed by atoms with Gasteiger partial charge in [-0.3, -0.25) is 0 Å². The van der Waals surface area contributed by atoms with Crippen molar-refractivity contribution in [2.75, 3.05) is 19.6 Å². The molecule has 21 heavy (non-hydrogen) atoms. The summed E-state index contributed by atoms with van der Waals surface area (Å²) in [5, 5.41) is 1.19. The molecule has 3 heteroatoms. The van der Waals surface area contributed by atoms with Crippen LogP contribution in [-0.2, 0) is 0 Å². The molecule has 4 heterocycles. The van der Waals surface area contributed by atoms with Gasteiger partial charge in [-0.05, 0) is 75.4 Å². The average molecular weight is 298 g/mol. The second kappa shape index (κ2) is 5.54. The second-order valence-corrected chi connectivity index (χ2v) is 7.63. The van der Waals surface area contributed by atoms with Crippen molar-refractivity contribution >= 4 is 27.6 Å². The van der Waals surface area contributed by atoms with Crippen LogP contribution in [0.2, 0.25) is 0 Å². The van der Waals surface area contributed by atoms with Gasteiger partial charge in [-0.25, -0.2) is 4.98 Å². The number of hydrogen-bond acceptors (Lipinski definition) is 3. The largest absolute Gasteiger partial charge is 0.303 e. The molecule has 0 atom stereocenters.